The third-order valence-corrected chi connectivity index (χ3v) is 3.09. The van der Waals surface area contributed by atoms with Gasteiger partial charge in [-0.15, -0.1) is 5.10 Å². The molecule has 6 heteroatoms. The number of benzene rings is 1. The lowest BCUT2D eigenvalue weighted by Crippen LogP contribution is -2.34. The van der Waals surface area contributed by atoms with Gasteiger partial charge in [-0.2, -0.15) is 0 Å². The number of rotatable bonds is 7. The topological polar surface area (TPSA) is 59.4 Å². The first kappa shape index (κ1) is 16.0. The predicted molar refractivity (Wildman–Crippen MR) is 85.4 cm³/mol. The number of carbonyl (C=O) groups excluding carboxylic acids is 1. The number of nitrogens with zero attached hydrogens (tertiary/aromatic N) is 3. The monoisotopic (exact) mass is 302 g/mol. The molecule has 0 saturated carbocycles. The van der Waals surface area contributed by atoms with Crippen molar-refractivity contribution in [3.63, 3.8) is 0 Å². The van der Waals surface area contributed by atoms with Crippen LogP contribution < -0.4 is 10.1 Å². The largest absolute Gasteiger partial charge is 0.466 e. The average molecular weight is 302 g/mol. The first-order valence-electron chi connectivity index (χ1n) is 7.22. The maximum atomic E-state index is 11.7. The van der Waals surface area contributed by atoms with E-state index < -0.39 is 0 Å². The fourth-order valence-corrected chi connectivity index (χ4v) is 1.90. The molecule has 0 aliphatic carbocycles. The van der Waals surface area contributed by atoms with Gasteiger partial charge in [0.1, 0.15) is 0 Å². The zero-order chi connectivity index (χ0) is 15.9. The molecule has 0 spiro atoms. The van der Waals surface area contributed by atoms with Crippen LogP contribution in [0.25, 0.3) is 5.69 Å². The van der Waals surface area contributed by atoms with E-state index in [2.05, 4.69) is 10.4 Å². The third kappa shape index (κ3) is 4.60. The molecule has 0 radical (unpaired) electrons. The Kier molecular flexibility index (Phi) is 5.55. The van der Waals surface area contributed by atoms with Gasteiger partial charge in [-0.05, 0) is 33.2 Å². The van der Waals surface area contributed by atoms with Crippen LogP contribution in [0.4, 0.5) is 0 Å². The summed E-state index contributed by atoms with van der Waals surface area (Å²) < 4.78 is 7.25. The van der Waals surface area contributed by atoms with E-state index in [0.717, 1.165) is 17.8 Å². The van der Waals surface area contributed by atoms with Crippen LogP contribution in [0.1, 0.15) is 5.56 Å². The van der Waals surface area contributed by atoms with E-state index in [0.29, 0.717) is 12.4 Å². The number of hydrogen-bond donors (Lipinski definition) is 1. The van der Waals surface area contributed by atoms with Crippen LogP contribution in [-0.4, -0.2) is 54.4 Å². The Morgan fingerprint density at radius 1 is 1.32 bits per heavy atom. The van der Waals surface area contributed by atoms with E-state index in [1.54, 1.807) is 4.68 Å². The smallest absolute Gasteiger partial charge is 0.258 e. The molecule has 6 nitrogen and oxygen atoms in total. The average Bonchev–Trinajstić information content (AvgIpc) is 2.87. The summed E-state index contributed by atoms with van der Waals surface area (Å²) in [5.74, 6) is 0.335. The minimum atomic E-state index is -0.143. The minimum absolute atomic E-state index is 0.0277. The molecule has 0 saturated heterocycles. The van der Waals surface area contributed by atoms with E-state index in [9.17, 15) is 4.79 Å². The van der Waals surface area contributed by atoms with Crippen molar-refractivity contribution < 1.29 is 9.53 Å². The highest BCUT2D eigenvalue weighted by molar-refractivity contribution is 5.77. The molecule has 22 heavy (non-hydrogen) atoms. The Morgan fingerprint density at radius 3 is 2.73 bits per heavy atom. The number of aryl methyl sites for hydroxylation is 1. The van der Waals surface area contributed by atoms with Gasteiger partial charge in [0.05, 0.1) is 5.69 Å². The summed E-state index contributed by atoms with van der Waals surface area (Å²) in [5.41, 5.74) is 1.85. The highest BCUT2D eigenvalue weighted by atomic mass is 16.5. The minimum Gasteiger partial charge on any atom is -0.466 e. The number of ether oxygens (including phenoxy) is 1. The lowest BCUT2D eigenvalue weighted by Gasteiger charge is -2.10. The van der Waals surface area contributed by atoms with Crippen molar-refractivity contribution in [2.24, 2.45) is 0 Å². The second kappa shape index (κ2) is 7.61. The Morgan fingerprint density at radius 2 is 2.05 bits per heavy atom. The van der Waals surface area contributed by atoms with E-state index in [4.69, 9.17) is 4.74 Å². The second-order valence-electron chi connectivity index (χ2n) is 5.34. The van der Waals surface area contributed by atoms with Gasteiger partial charge in [0.2, 0.25) is 5.88 Å². The van der Waals surface area contributed by atoms with Crippen LogP contribution in [0.15, 0.2) is 36.5 Å². The number of carbonyl (C=O) groups is 1. The van der Waals surface area contributed by atoms with Gasteiger partial charge in [-0.3, -0.25) is 4.79 Å². The van der Waals surface area contributed by atoms with Crippen molar-refractivity contribution in [2.75, 3.05) is 33.8 Å². The molecule has 2 rings (SSSR count). The number of amides is 1. The molecule has 0 fully saturated rings. The predicted octanol–water partition coefficient (Wildman–Crippen LogP) is 1.24. The van der Waals surface area contributed by atoms with Crippen LogP contribution in [-0.2, 0) is 4.79 Å². The van der Waals surface area contributed by atoms with Crippen LogP contribution in [0.2, 0.25) is 0 Å². The van der Waals surface area contributed by atoms with Crippen molar-refractivity contribution in [3.05, 3.63) is 42.1 Å². The molecular formula is C16H22N4O2. The Hall–Kier alpha value is -2.34. The van der Waals surface area contributed by atoms with Gasteiger partial charge in [0.25, 0.3) is 5.91 Å². The standard InChI is InChI=1S/C16H22N4O2/c1-13-11-20(14-7-5-4-6-8-14)18-16(13)22-12-15(21)17-9-10-19(2)3/h4-8,11H,9-10,12H2,1-3H3,(H,17,21). The van der Waals surface area contributed by atoms with E-state index >= 15 is 0 Å². The van der Waals surface area contributed by atoms with Crippen molar-refractivity contribution in [1.29, 1.82) is 0 Å². The number of para-hydroxylation sites is 1. The molecule has 0 aliphatic rings. The van der Waals surface area contributed by atoms with Crippen LogP contribution >= 0.6 is 0 Å². The summed E-state index contributed by atoms with van der Waals surface area (Å²) in [5, 5.41) is 7.17. The summed E-state index contributed by atoms with van der Waals surface area (Å²) in [4.78, 5) is 13.7. The van der Waals surface area contributed by atoms with Crippen LogP contribution in [0.3, 0.4) is 0 Å². The second-order valence-corrected chi connectivity index (χ2v) is 5.34. The quantitative estimate of drug-likeness (QED) is 0.836. The Balaban J connectivity index is 1.88. The van der Waals surface area contributed by atoms with Gasteiger partial charge >= 0.3 is 0 Å². The zero-order valence-electron chi connectivity index (χ0n) is 13.2. The maximum absolute atomic E-state index is 11.7. The SMILES string of the molecule is Cc1cn(-c2ccccc2)nc1OCC(=O)NCCN(C)C. The van der Waals surface area contributed by atoms with Crippen LogP contribution in [0.5, 0.6) is 5.88 Å². The summed E-state index contributed by atoms with van der Waals surface area (Å²) >= 11 is 0. The Labute approximate surface area is 130 Å². The highest BCUT2D eigenvalue weighted by Gasteiger charge is 2.09. The Bertz CT molecular complexity index is 608. The van der Waals surface area contributed by atoms with Crippen molar-refractivity contribution in [1.82, 2.24) is 20.0 Å². The molecule has 0 atom stereocenters. The van der Waals surface area contributed by atoms with Gasteiger partial charge in [0.15, 0.2) is 6.61 Å². The third-order valence-electron chi connectivity index (χ3n) is 3.09. The molecule has 0 aliphatic heterocycles. The molecule has 1 aromatic heterocycles. The lowest BCUT2D eigenvalue weighted by atomic mass is 10.3. The summed E-state index contributed by atoms with van der Waals surface area (Å²) in [6.07, 6.45) is 1.88. The van der Waals surface area contributed by atoms with Crippen molar-refractivity contribution in [2.45, 2.75) is 6.92 Å². The van der Waals surface area contributed by atoms with Gasteiger partial charge in [-0.1, -0.05) is 18.2 Å². The van der Waals surface area contributed by atoms with Gasteiger partial charge in [0, 0.05) is 24.8 Å². The number of nitrogens with one attached hydrogen (secondary N) is 1. The first-order valence-corrected chi connectivity index (χ1v) is 7.22. The fourth-order valence-electron chi connectivity index (χ4n) is 1.90. The van der Waals surface area contributed by atoms with E-state index in [1.807, 2.05) is 62.4 Å². The van der Waals surface area contributed by atoms with Crippen molar-refractivity contribution >= 4 is 5.91 Å². The molecule has 1 N–H and O–H groups in total. The molecule has 1 amide bonds. The lowest BCUT2D eigenvalue weighted by molar-refractivity contribution is -0.123. The molecule has 1 heterocycles. The molecule has 1 aromatic carbocycles. The van der Waals surface area contributed by atoms with E-state index in [1.165, 1.54) is 0 Å². The van der Waals surface area contributed by atoms with Crippen molar-refractivity contribution in [3.8, 4) is 11.6 Å². The number of hydrogen-bond acceptors (Lipinski definition) is 4. The van der Waals surface area contributed by atoms with Gasteiger partial charge < -0.3 is 15.0 Å². The zero-order valence-corrected chi connectivity index (χ0v) is 13.2. The van der Waals surface area contributed by atoms with E-state index in [-0.39, 0.29) is 12.5 Å². The molecule has 118 valence electrons. The summed E-state index contributed by atoms with van der Waals surface area (Å²) in [6.45, 7) is 3.28. The maximum Gasteiger partial charge on any atom is 0.258 e. The number of likely N-dealkylation sites (N-methyl/N-ethyl adjacent to an activating group) is 1. The molecular weight excluding hydrogens is 280 g/mol. The highest BCUT2D eigenvalue weighted by Crippen LogP contribution is 2.17. The normalized spacial score (nSPS) is 10.7. The molecule has 2 aromatic rings. The first-order chi connectivity index (χ1) is 10.6. The van der Waals surface area contributed by atoms with Gasteiger partial charge in [-0.25, -0.2) is 4.68 Å². The summed E-state index contributed by atoms with van der Waals surface area (Å²) in [6, 6.07) is 9.78. The van der Waals surface area contributed by atoms with Crippen LogP contribution in [0, 0.1) is 6.92 Å². The molecule has 0 bridgehead atoms. The molecule has 0 unspecified atom stereocenters. The summed E-state index contributed by atoms with van der Waals surface area (Å²) in [7, 11) is 3.92. The number of aromatic nitrogens is 2. The fraction of sp³-hybridized carbons (Fsp3) is 0.375.